The van der Waals surface area contributed by atoms with Crippen molar-refractivity contribution in [3.05, 3.63) is 70.1 Å². The topological polar surface area (TPSA) is 56.6 Å². The van der Waals surface area contributed by atoms with Gasteiger partial charge in [0.15, 0.2) is 11.5 Å². The summed E-state index contributed by atoms with van der Waals surface area (Å²) in [7, 11) is 1.61. The Morgan fingerprint density at radius 2 is 1.82 bits per heavy atom. The third kappa shape index (κ3) is 5.08. The van der Waals surface area contributed by atoms with Gasteiger partial charge in [-0.25, -0.2) is 4.98 Å². The van der Waals surface area contributed by atoms with E-state index in [1.807, 2.05) is 48.5 Å². The van der Waals surface area contributed by atoms with Crippen molar-refractivity contribution in [3.63, 3.8) is 0 Å². The first-order valence-electron chi connectivity index (χ1n) is 10.9. The fourth-order valence-electron chi connectivity index (χ4n) is 4.06. The number of ether oxygens (including phenoxy) is 2. The predicted octanol–water partition coefficient (Wildman–Crippen LogP) is 5.67. The molecule has 0 amide bonds. The van der Waals surface area contributed by atoms with Gasteiger partial charge in [0.1, 0.15) is 16.3 Å². The second kappa shape index (κ2) is 10.8. The molecule has 0 bridgehead atoms. The zero-order valence-electron chi connectivity index (χ0n) is 18.7. The number of rotatable bonds is 7. The van der Waals surface area contributed by atoms with Crippen molar-refractivity contribution >= 4 is 45.6 Å². The number of likely N-dealkylation sites (tertiary alicyclic amines) is 1. The van der Waals surface area contributed by atoms with E-state index in [1.165, 1.54) is 24.2 Å². The minimum atomic E-state index is -0.116. The highest BCUT2D eigenvalue weighted by atomic mass is 35.5. The molecule has 9 heteroatoms. The van der Waals surface area contributed by atoms with Gasteiger partial charge in [-0.3, -0.25) is 14.3 Å². The van der Waals surface area contributed by atoms with Crippen LogP contribution in [0.15, 0.2) is 59.5 Å². The zero-order valence-corrected chi connectivity index (χ0v) is 21.1. The fraction of sp³-hybridized carbons (Fsp3) is 0.280. The van der Waals surface area contributed by atoms with Crippen molar-refractivity contribution in [2.75, 3.05) is 33.4 Å². The van der Waals surface area contributed by atoms with Crippen LogP contribution in [0.1, 0.15) is 12.8 Å². The Labute approximate surface area is 213 Å². The molecule has 178 valence electrons. The maximum atomic E-state index is 13.3. The van der Waals surface area contributed by atoms with Crippen LogP contribution in [0.25, 0.3) is 26.5 Å². The van der Waals surface area contributed by atoms with Crippen LogP contribution in [0.5, 0.6) is 11.5 Å². The minimum absolute atomic E-state index is 0. The summed E-state index contributed by atoms with van der Waals surface area (Å²) in [6, 6.07) is 14.9. The Morgan fingerprint density at radius 1 is 1.06 bits per heavy atom. The van der Waals surface area contributed by atoms with Crippen molar-refractivity contribution in [2.24, 2.45) is 0 Å². The molecule has 6 nitrogen and oxygen atoms in total. The molecule has 0 saturated carbocycles. The number of pyridine rings is 1. The standard InChI is InChI=1S/C25H24ClN3O3S.ClH/c1-31-22-16-19(8-9-21(22)32-15-14-28-11-2-3-12-28)29-13-10-20-23(25(29)30)33-24(27-20)17-4-6-18(26)7-5-17;/h4-10,13,16H,2-3,11-12,14-15H2,1H3;1H. The zero-order chi connectivity index (χ0) is 22.8. The predicted molar refractivity (Wildman–Crippen MR) is 141 cm³/mol. The molecule has 1 saturated heterocycles. The maximum Gasteiger partial charge on any atom is 0.274 e. The van der Waals surface area contributed by atoms with Gasteiger partial charge in [0, 0.05) is 29.4 Å². The molecule has 2 aromatic carbocycles. The third-order valence-electron chi connectivity index (χ3n) is 5.83. The Morgan fingerprint density at radius 3 is 2.56 bits per heavy atom. The van der Waals surface area contributed by atoms with Crippen LogP contribution in [0.3, 0.4) is 0 Å². The first-order chi connectivity index (χ1) is 16.1. The van der Waals surface area contributed by atoms with Gasteiger partial charge in [-0.1, -0.05) is 23.7 Å². The molecule has 2 aromatic heterocycles. The van der Waals surface area contributed by atoms with E-state index >= 15 is 0 Å². The summed E-state index contributed by atoms with van der Waals surface area (Å²) < 4.78 is 13.7. The molecule has 0 N–H and O–H groups in total. The van der Waals surface area contributed by atoms with E-state index in [-0.39, 0.29) is 18.0 Å². The van der Waals surface area contributed by atoms with E-state index in [9.17, 15) is 4.79 Å². The fourth-order valence-corrected chi connectivity index (χ4v) is 5.18. The Hall–Kier alpha value is -2.58. The number of nitrogens with zero attached hydrogens (tertiary/aromatic N) is 3. The summed E-state index contributed by atoms with van der Waals surface area (Å²) in [6.07, 6.45) is 4.27. The van der Waals surface area contributed by atoms with Crippen molar-refractivity contribution in [3.8, 4) is 27.8 Å². The first-order valence-corrected chi connectivity index (χ1v) is 12.1. The number of hydrogen-bond donors (Lipinski definition) is 0. The van der Waals surface area contributed by atoms with Gasteiger partial charge in [0.25, 0.3) is 5.56 Å². The average Bonchev–Trinajstić information content (AvgIpc) is 3.51. The van der Waals surface area contributed by atoms with Crippen LogP contribution in [-0.4, -0.2) is 47.8 Å². The van der Waals surface area contributed by atoms with Crippen LogP contribution < -0.4 is 15.0 Å². The van der Waals surface area contributed by atoms with Crippen LogP contribution in [0.4, 0.5) is 0 Å². The lowest BCUT2D eigenvalue weighted by Gasteiger charge is -2.17. The molecule has 0 atom stereocenters. The lowest BCUT2D eigenvalue weighted by molar-refractivity contribution is 0.230. The molecule has 0 aliphatic carbocycles. The van der Waals surface area contributed by atoms with Crippen molar-refractivity contribution in [1.82, 2.24) is 14.5 Å². The minimum Gasteiger partial charge on any atom is -0.493 e. The molecule has 1 fully saturated rings. The second-order valence-electron chi connectivity index (χ2n) is 7.96. The van der Waals surface area contributed by atoms with Crippen molar-refractivity contribution < 1.29 is 9.47 Å². The summed E-state index contributed by atoms with van der Waals surface area (Å²) in [5.74, 6) is 1.28. The number of fused-ring (bicyclic) bond motifs is 1. The summed E-state index contributed by atoms with van der Waals surface area (Å²) in [6.45, 7) is 3.79. The molecule has 34 heavy (non-hydrogen) atoms. The van der Waals surface area contributed by atoms with E-state index in [0.29, 0.717) is 39.0 Å². The van der Waals surface area contributed by atoms with E-state index in [2.05, 4.69) is 9.88 Å². The molecule has 0 unspecified atom stereocenters. The Kier molecular flexibility index (Phi) is 7.78. The van der Waals surface area contributed by atoms with Gasteiger partial charge in [-0.15, -0.1) is 23.7 Å². The molecule has 5 rings (SSSR count). The first kappa shape index (κ1) is 24.5. The summed E-state index contributed by atoms with van der Waals surface area (Å²) in [4.78, 5) is 20.3. The normalized spacial score (nSPS) is 13.7. The number of halogens is 2. The quantitative estimate of drug-likeness (QED) is 0.316. The van der Waals surface area contributed by atoms with Crippen LogP contribution in [0, 0.1) is 0 Å². The highest BCUT2D eigenvalue weighted by Crippen LogP contribution is 2.31. The number of benzene rings is 2. The average molecular weight is 518 g/mol. The van der Waals surface area contributed by atoms with E-state index in [4.69, 9.17) is 21.1 Å². The van der Waals surface area contributed by atoms with Crippen molar-refractivity contribution in [2.45, 2.75) is 12.8 Å². The van der Waals surface area contributed by atoms with Crippen LogP contribution in [-0.2, 0) is 0 Å². The summed E-state index contributed by atoms with van der Waals surface area (Å²) in [5, 5.41) is 1.45. The van der Waals surface area contributed by atoms with Gasteiger partial charge >= 0.3 is 0 Å². The summed E-state index contributed by atoms with van der Waals surface area (Å²) in [5.41, 5.74) is 2.21. The SMILES string of the molecule is COc1cc(-n2ccc3nc(-c4ccc(Cl)cc4)sc3c2=O)ccc1OCCN1CCCC1.Cl. The molecule has 3 heterocycles. The molecular weight excluding hydrogens is 493 g/mol. The van der Waals surface area contributed by atoms with Gasteiger partial charge in [-0.05, 0) is 56.3 Å². The largest absolute Gasteiger partial charge is 0.493 e. The number of aromatic nitrogens is 2. The molecule has 1 aliphatic rings. The lowest BCUT2D eigenvalue weighted by Crippen LogP contribution is -2.25. The van der Waals surface area contributed by atoms with E-state index < -0.39 is 0 Å². The van der Waals surface area contributed by atoms with Crippen LogP contribution >= 0.6 is 35.3 Å². The van der Waals surface area contributed by atoms with Crippen LogP contribution in [0.2, 0.25) is 5.02 Å². The Balaban J connectivity index is 0.00000274. The van der Waals surface area contributed by atoms with Gasteiger partial charge in [0.2, 0.25) is 0 Å². The molecule has 4 aromatic rings. The number of thiazole rings is 1. The highest BCUT2D eigenvalue weighted by molar-refractivity contribution is 7.21. The highest BCUT2D eigenvalue weighted by Gasteiger charge is 2.15. The Bertz CT molecular complexity index is 1330. The van der Waals surface area contributed by atoms with E-state index in [0.717, 1.165) is 30.2 Å². The molecule has 1 aliphatic heterocycles. The molecule has 0 radical (unpaired) electrons. The number of methoxy groups -OCH3 is 1. The molecule has 0 spiro atoms. The second-order valence-corrected chi connectivity index (χ2v) is 9.40. The van der Waals surface area contributed by atoms with Gasteiger partial charge in [0.05, 0.1) is 18.3 Å². The summed E-state index contributed by atoms with van der Waals surface area (Å²) >= 11 is 7.37. The smallest absolute Gasteiger partial charge is 0.274 e. The monoisotopic (exact) mass is 517 g/mol. The number of hydrogen-bond acceptors (Lipinski definition) is 6. The van der Waals surface area contributed by atoms with Gasteiger partial charge < -0.3 is 9.47 Å². The maximum absolute atomic E-state index is 13.3. The third-order valence-corrected chi connectivity index (χ3v) is 7.19. The van der Waals surface area contributed by atoms with Crippen molar-refractivity contribution in [1.29, 1.82) is 0 Å². The lowest BCUT2D eigenvalue weighted by atomic mass is 10.2. The van der Waals surface area contributed by atoms with E-state index in [1.54, 1.807) is 17.9 Å². The molecular formula is C25H25Cl2N3O3S. The van der Waals surface area contributed by atoms with Gasteiger partial charge in [-0.2, -0.15) is 0 Å².